The Balaban J connectivity index is 1.33. The summed E-state index contributed by atoms with van der Waals surface area (Å²) in [7, 11) is 0. The smallest absolute Gasteiger partial charge is 0.277 e. The normalized spacial score (nSPS) is 13.1. The zero-order chi connectivity index (χ0) is 25.2. The van der Waals surface area contributed by atoms with Crippen LogP contribution in [0.2, 0.25) is 0 Å². The number of amides is 2. The van der Waals surface area contributed by atoms with Crippen LogP contribution in [0, 0.1) is 5.92 Å². The van der Waals surface area contributed by atoms with E-state index in [1.54, 1.807) is 18.5 Å². The molecule has 0 saturated heterocycles. The lowest BCUT2D eigenvalue weighted by Crippen LogP contribution is -2.18. The highest BCUT2D eigenvalue weighted by molar-refractivity contribution is 6.07. The number of benzene rings is 1. The molecule has 1 aliphatic rings. The van der Waals surface area contributed by atoms with Crippen molar-refractivity contribution < 1.29 is 14.0 Å². The Morgan fingerprint density at radius 3 is 2.67 bits per heavy atom. The van der Waals surface area contributed by atoms with E-state index in [4.69, 9.17) is 10.2 Å². The maximum absolute atomic E-state index is 12.9. The van der Waals surface area contributed by atoms with E-state index in [1.165, 1.54) is 29.4 Å². The zero-order valence-electron chi connectivity index (χ0n) is 20.1. The Morgan fingerprint density at radius 2 is 1.97 bits per heavy atom. The van der Waals surface area contributed by atoms with Crippen molar-refractivity contribution in [2.24, 2.45) is 11.7 Å². The second-order valence-corrected chi connectivity index (χ2v) is 9.19. The highest BCUT2D eigenvalue weighted by Gasteiger charge is 2.22. The van der Waals surface area contributed by atoms with Gasteiger partial charge in [0.05, 0.1) is 17.6 Å². The van der Waals surface area contributed by atoms with E-state index in [-0.39, 0.29) is 23.0 Å². The number of rotatable bonds is 9. The van der Waals surface area contributed by atoms with Gasteiger partial charge in [-0.3, -0.25) is 9.59 Å². The van der Waals surface area contributed by atoms with E-state index in [0.29, 0.717) is 17.4 Å². The minimum Gasteiger partial charge on any atom is -0.444 e. The maximum atomic E-state index is 12.9. The standard InChI is InChI=1S/C26H27N7O3/c1-15(2)17-5-7-19(8-6-17)33-13-20(23(32-33)24(27)34)30-25(35)21-14-36-26(31-21)18-9-10-28-22(11-18)29-12-16-3-4-16/h5-11,13-16H,3-4,12H2,1-2H3,(H2,27,34)(H,28,29)(H,30,35). The number of oxazole rings is 1. The van der Waals surface area contributed by atoms with Gasteiger partial charge >= 0.3 is 0 Å². The molecule has 0 aliphatic heterocycles. The molecule has 4 N–H and O–H groups in total. The van der Waals surface area contributed by atoms with Gasteiger partial charge in [0.15, 0.2) is 11.4 Å². The van der Waals surface area contributed by atoms with E-state index in [2.05, 4.69) is 39.5 Å². The second kappa shape index (κ2) is 9.65. The number of carbonyl (C=O) groups is 2. The molecule has 1 fully saturated rings. The number of hydrogen-bond donors (Lipinski definition) is 3. The molecule has 0 spiro atoms. The summed E-state index contributed by atoms with van der Waals surface area (Å²) in [6.07, 6.45) is 6.96. The van der Waals surface area contributed by atoms with Crippen molar-refractivity contribution in [2.75, 3.05) is 17.2 Å². The first-order valence-corrected chi connectivity index (χ1v) is 11.8. The van der Waals surface area contributed by atoms with E-state index >= 15 is 0 Å². The molecular weight excluding hydrogens is 458 g/mol. The van der Waals surface area contributed by atoms with E-state index < -0.39 is 11.8 Å². The van der Waals surface area contributed by atoms with Crippen molar-refractivity contribution in [1.82, 2.24) is 19.7 Å². The minimum atomic E-state index is -0.758. The molecule has 1 aliphatic carbocycles. The van der Waals surface area contributed by atoms with Crippen molar-refractivity contribution in [1.29, 1.82) is 0 Å². The number of nitrogens with two attached hydrogens (primary N) is 1. The summed E-state index contributed by atoms with van der Waals surface area (Å²) in [4.78, 5) is 33.5. The van der Waals surface area contributed by atoms with Crippen LogP contribution < -0.4 is 16.4 Å². The Kier molecular flexibility index (Phi) is 6.24. The van der Waals surface area contributed by atoms with Crippen molar-refractivity contribution in [3.63, 3.8) is 0 Å². The third kappa shape index (κ3) is 5.12. The highest BCUT2D eigenvalue weighted by Crippen LogP contribution is 2.29. The van der Waals surface area contributed by atoms with Gasteiger partial charge in [-0.15, -0.1) is 0 Å². The molecule has 0 bridgehead atoms. The lowest BCUT2D eigenvalue weighted by atomic mass is 10.0. The fourth-order valence-electron chi connectivity index (χ4n) is 3.72. The van der Waals surface area contributed by atoms with Crippen LogP contribution in [0.25, 0.3) is 17.1 Å². The van der Waals surface area contributed by atoms with Crippen LogP contribution in [-0.4, -0.2) is 38.1 Å². The van der Waals surface area contributed by atoms with Crippen LogP contribution >= 0.6 is 0 Å². The molecule has 10 nitrogen and oxygen atoms in total. The number of carbonyl (C=O) groups excluding carboxylic acids is 2. The molecule has 1 aromatic carbocycles. The van der Waals surface area contributed by atoms with Gasteiger partial charge < -0.3 is 20.8 Å². The summed E-state index contributed by atoms with van der Waals surface area (Å²) >= 11 is 0. The summed E-state index contributed by atoms with van der Waals surface area (Å²) in [5.74, 6) is 0.797. The summed E-state index contributed by atoms with van der Waals surface area (Å²) in [6.45, 7) is 5.10. The molecule has 184 valence electrons. The highest BCUT2D eigenvalue weighted by atomic mass is 16.3. The fourth-order valence-corrected chi connectivity index (χ4v) is 3.72. The van der Waals surface area contributed by atoms with E-state index in [1.807, 2.05) is 30.3 Å². The van der Waals surface area contributed by atoms with Crippen molar-refractivity contribution >= 4 is 23.3 Å². The number of pyridine rings is 1. The average Bonchev–Trinajstić information content (AvgIpc) is 3.39. The Labute approximate surface area is 207 Å². The Morgan fingerprint density at radius 1 is 1.19 bits per heavy atom. The van der Waals surface area contributed by atoms with Crippen LogP contribution in [0.4, 0.5) is 11.5 Å². The van der Waals surface area contributed by atoms with Crippen molar-refractivity contribution in [3.05, 3.63) is 72.0 Å². The van der Waals surface area contributed by atoms with Crippen molar-refractivity contribution in [3.8, 4) is 17.1 Å². The number of nitrogens with one attached hydrogen (secondary N) is 2. The first-order valence-electron chi connectivity index (χ1n) is 11.8. The van der Waals surface area contributed by atoms with Crippen LogP contribution in [-0.2, 0) is 0 Å². The molecule has 3 aromatic heterocycles. The van der Waals surface area contributed by atoms with Gasteiger partial charge in [-0.2, -0.15) is 5.10 Å². The predicted molar refractivity (Wildman–Crippen MR) is 135 cm³/mol. The SMILES string of the molecule is CC(C)c1ccc(-n2cc(NC(=O)c3coc(-c4ccnc(NCC5CC5)c4)n3)c(C(N)=O)n2)cc1. The minimum absolute atomic E-state index is 0.0544. The molecule has 0 atom stereocenters. The molecule has 0 unspecified atom stereocenters. The van der Waals surface area contributed by atoms with Crippen molar-refractivity contribution in [2.45, 2.75) is 32.6 Å². The molecule has 10 heteroatoms. The van der Waals surface area contributed by atoms with Gasteiger partial charge in [-0.1, -0.05) is 26.0 Å². The molecule has 0 radical (unpaired) electrons. The maximum Gasteiger partial charge on any atom is 0.277 e. The first-order chi connectivity index (χ1) is 17.4. The summed E-state index contributed by atoms with van der Waals surface area (Å²) in [5, 5.41) is 10.2. The molecule has 1 saturated carbocycles. The number of aromatic nitrogens is 4. The number of nitrogens with zero attached hydrogens (tertiary/aromatic N) is 4. The number of hydrogen-bond acceptors (Lipinski definition) is 7. The van der Waals surface area contributed by atoms with E-state index in [0.717, 1.165) is 18.1 Å². The average molecular weight is 486 g/mol. The van der Waals surface area contributed by atoms with Gasteiger partial charge in [0.25, 0.3) is 11.8 Å². The quantitative estimate of drug-likeness (QED) is 0.322. The largest absolute Gasteiger partial charge is 0.444 e. The van der Waals surface area contributed by atoms with Gasteiger partial charge in [0.2, 0.25) is 5.89 Å². The summed E-state index contributed by atoms with van der Waals surface area (Å²) in [6, 6.07) is 11.4. The monoisotopic (exact) mass is 485 g/mol. The van der Waals surface area contributed by atoms with Gasteiger partial charge in [-0.25, -0.2) is 14.6 Å². The van der Waals surface area contributed by atoms with Crippen LogP contribution in [0.3, 0.4) is 0 Å². The number of anilines is 2. The van der Waals surface area contributed by atoms with Gasteiger partial charge in [-0.05, 0) is 54.5 Å². The third-order valence-electron chi connectivity index (χ3n) is 6.03. The fraction of sp³-hybridized carbons (Fsp3) is 0.269. The summed E-state index contributed by atoms with van der Waals surface area (Å²) in [5.41, 5.74) is 8.29. The lowest BCUT2D eigenvalue weighted by Gasteiger charge is -2.06. The zero-order valence-corrected chi connectivity index (χ0v) is 20.1. The number of primary amides is 1. The molecule has 2 amide bonds. The topological polar surface area (TPSA) is 141 Å². The van der Waals surface area contributed by atoms with E-state index in [9.17, 15) is 9.59 Å². The van der Waals surface area contributed by atoms with Crippen LogP contribution in [0.15, 0.2) is 59.5 Å². The Hall–Kier alpha value is -4.47. The first kappa shape index (κ1) is 23.3. The third-order valence-corrected chi connectivity index (χ3v) is 6.03. The predicted octanol–water partition coefficient (Wildman–Crippen LogP) is 4.22. The molecule has 4 aromatic rings. The summed E-state index contributed by atoms with van der Waals surface area (Å²) < 4.78 is 7.05. The molecular formula is C26H27N7O3. The molecule has 3 heterocycles. The molecule has 5 rings (SSSR count). The van der Waals surface area contributed by atoms with Gasteiger partial charge in [0, 0.05) is 18.3 Å². The lowest BCUT2D eigenvalue weighted by molar-refractivity contribution is 0.0996. The van der Waals surface area contributed by atoms with Crippen LogP contribution in [0.1, 0.15) is 59.1 Å². The second-order valence-electron chi connectivity index (χ2n) is 9.19. The van der Waals surface area contributed by atoms with Gasteiger partial charge in [0.1, 0.15) is 12.1 Å². The van der Waals surface area contributed by atoms with Crippen LogP contribution in [0.5, 0.6) is 0 Å². The molecule has 36 heavy (non-hydrogen) atoms. The Bertz CT molecular complexity index is 1400.